The van der Waals surface area contributed by atoms with E-state index in [0.29, 0.717) is 0 Å². The van der Waals surface area contributed by atoms with E-state index in [1.807, 2.05) is 13.0 Å². The highest BCUT2D eigenvalue weighted by Crippen LogP contribution is 2.30. The first kappa shape index (κ1) is 10.4. The monoisotopic (exact) mass is 190 g/mol. The lowest BCUT2D eigenvalue weighted by Crippen LogP contribution is -1.83. The lowest BCUT2D eigenvalue weighted by Gasteiger charge is -2.07. The van der Waals surface area contributed by atoms with E-state index in [0.717, 1.165) is 17.6 Å². The third-order valence-corrected chi connectivity index (χ3v) is 2.03. The van der Waals surface area contributed by atoms with E-state index in [9.17, 15) is 5.11 Å². The molecule has 0 radical (unpaired) electrons. The van der Waals surface area contributed by atoms with Crippen molar-refractivity contribution in [1.29, 1.82) is 0 Å². The van der Waals surface area contributed by atoms with Gasteiger partial charge in [-0.1, -0.05) is 25.7 Å². The Morgan fingerprint density at radius 1 is 1.43 bits per heavy atom. The normalized spacial score (nSPS) is 11.4. The number of hydrogen-bond donors (Lipinski definition) is 2. The smallest absolute Gasteiger partial charge is 0.126 e. The van der Waals surface area contributed by atoms with Crippen molar-refractivity contribution >= 4 is 5.57 Å². The summed E-state index contributed by atoms with van der Waals surface area (Å²) in [4.78, 5) is 0. The van der Waals surface area contributed by atoms with Crippen LogP contribution in [0.25, 0.3) is 5.57 Å². The minimum Gasteiger partial charge on any atom is -0.508 e. The van der Waals surface area contributed by atoms with Gasteiger partial charge >= 0.3 is 0 Å². The third kappa shape index (κ3) is 2.16. The molecule has 0 aliphatic carbocycles. The molecule has 0 atom stereocenters. The van der Waals surface area contributed by atoms with Crippen LogP contribution >= 0.6 is 0 Å². The molecule has 0 aliphatic rings. The molecule has 0 saturated heterocycles. The highest BCUT2D eigenvalue weighted by molar-refractivity contribution is 5.71. The Kier molecular flexibility index (Phi) is 3.35. The molecule has 0 heterocycles. The largest absolute Gasteiger partial charge is 0.508 e. The first-order chi connectivity index (χ1) is 6.69. The molecule has 1 rings (SSSR count). The van der Waals surface area contributed by atoms with Crippen LogP contribution in [0.2, 0.25) is 0 Å². The molecule has 2 nitrogen and oxygen atoms in total. The van der Waals surface area contributed by atoms with E-state index in [4.69, 9.17) is 5.11 Å². The molecule has 0 bridgehead atoms. The minimum atomic E-state index is 0.0697. The molecule has 1 aromatic carbocycles. The van der Waals surface area contributed by atoms with Gasteiger partial charge < -0.3 is 10.2 Å². The summed E-state index contributed by atoms with van der Waals surface area (Å²) in [5.74, 6) is 0.167. The predicted molar refractivity (Wildman–Crippen MR) is 58.2 cm³/mol. The van der Waals surface area contributed by atoms with Crippen molar-refractivity contribution in [3.8, 4) is 11.5 Å². The summed E-state index contributed by atoms with van der Waals surface area (Å²) in [5.41, 5.74) is 1.74. The van der Waals surface area contributed by atoms with Gasteiger partial charge in [-0.25, -0.2) is 0 Å². The molecule has 1 aromatic rings. The molecule has 0 fully saturated rings. The maximum Gasteiger partial charge on any atom is 0.126 e. The van der Waals surface area contributed by atoms with Gasteiger partial charge in [0.2, 0.25) is 0 Å². The lowest BCUT2D eigenvalue weighted by molar-refractivity contribution is 0.449. The molecule has 0 saturated carbocycles. The Balaban J connectivity index is 3.17. The standard InChI is InChI=1S/C12H14O2/c1-3-5-9(4-2)11-7-6-10(13)8-12(11)14/h3,5-8,13-14H,1,4H2,2H3/b9-5+. The van der Waals surface area contributed by atoms with Crippen LogP contribution in [-0.2, 0) is 0 Å². The Bertz CT molecular complexity index is 365. The minimum absolute atomic E-state index is 0.0697. The van der Waals surface area contributed by atoms with Crippen LogP contribution in [0.1, 0.15) is 18.9 Å². The molecule has 0 aromatic heterocycles. The van der Waals surface area contributed by atoms with Crippen molar-refractivity contribution in [3.63, 3.8) is 0 Å². The van der Waals surface area contributed by atoms with Crippen LogP contribution in [0.3, 0.4) is 0 Å². The second-order valence-electron chi connectivity index (χ2n) is 2.98. The van der Waals surface area contributed by atoms with Crippen molar-refractivity contribution in [1.82, 2.24) is 0 Å². The van der Waals surface area contributed by atoms with E-state index in [-0.39, 0.29) is 11.5 Å². The predicted octanol–water partition coefficient (Wildman–Crippen LogP) is 3.08. The summed E-state index contributed by atoms with van der Waals surface area (Å²) >= 11 is 0. The number of rotatable bonds is 3. The van der Waals surface area contributed by atoms with Crippen molar-refractivity contribution in [3.05, 3.63) is 42.5 Å². The van der Waals surface area contributed by atoms with E-state index >= 15 is 0 Å². The summed E-state index contributed by atoms with van der Waals surface area (Å²) in [6, 6.07) is 4.59. The van der Waals surface area contributed by atoms with Gasteiger partial charge in [0.25, 0.3) is 0 Å². The molecular formula is C12H14O2. The van der Waals surface area contributed by atoms with E-state index < -0.39 is 0 Å². The Hall–Kier alpha value is -1.70. The highest BCUT2D eigenvalue weighted by Gasteiger charge is 2.05. The molecule has 2 N–H and O–H groups in total. The summed E-state index contributed by atoms with van der Waals surface area (Å²) < 4.78 is 0. The van der Waals surface area contributed by atoms with Gasteiger partial charge in [-0.15, -0.1) is 0 Å². The van der Waals surface area contributed by atoms with E-state index in [2.05, 4.69) is 6.58 Å². The maximum absolute atomic E-state index is 9.58. The fraction of sp³-hybridized carbons (Fsp3) is 0.167. The zero-order valence-corrected chi connectivity index (χ0v) is 8.20. The van der Waals surface area contributed by atoms with Crippen LogP contribution in [0.5, 0.6) is 11.5 Å². The number of phenols is 2. The van der Waals surface area contributed by atoms with Crippen molar-refractivity contribution in [2.45, 2.75) is 13.3 Å². The van der Waals surface area contributed by atoms with Crippen LogP contribution in [0.15, 0.2) is 36.9 Å². The fourth-order valence-corrected chi connectivity index (χ4v) is 1.33. The second kappa shape index (κ2) is 4.51. The van der Waals surface area contributed by atoms with Gasteiger partial charge in [-0.2, -0.15) is 0 Å². The average molecular weight is 190 g/mol. The average Bonchev–Trinajstić information content (AvgIpc) is 2.15. The summed E-state index contributed by atoms with van der Waals surface area (Å²) in [6.45, 7) is 5.62. The topological polar surface area (TPSA) is 40.5 Å². The van der Waals surface area contributed by atoms with Crippen LogP contribution in [0.4, 0.5) is 0 Å². The van der Waals surface area contributed by atoms with Crippen molar-refractivity contribution < 1.29 is 10.2 Å². The zero-order valence-electron chi connectivity index (χ0n) is 8.20. The molecule has 0 unspecified atom stereocenters. The quantitative estimate of drug-likeness (QED) is 0.719. The second-order valence-corrected chi connectivity index (χ2v) is 2.98. The lowest BCUT2D eigenvalue weighted by atomic mass is 10.0. The Morgan fingerprint density at radius 2 is 2.14 bits per heavy atom. The third-order valence-electron chi connectivity index (χ3n) is 2.03. The Morgan fingerprint density at radius 3 is 2.64 bits per heavy atom. The molecular weight excluding hydrogens is 176 g/mol. The van der Waals surface area contributed by atoms with Crippen molar-refractivity contribution in [2.24, 2.45) is 0 Å². The van der Waals surface area contributed by atoms with Gasteiger partial charge in [0.1, 0.15) is 11.5 Å². The number of benzene rings is 1. The van der Waals surface area contributed by atoms with E-state index in [1.165, 1.54) is 6.07 Å². The van der Waals surface area contributed by atoms with Crippen LogP contribution in [0, 0.1) is 0 Å². The summed E-state index contributed by atoms with van der Waals surface area (Å²) in [5, 5.41) is 18.7. The highest BCUT2D eigenvalue weighted by atomic mass is 16.3. The first-order valence-electron chi connectivity index (χ1n) is 4.53. The van der Waals surface area contributed by atoms with Crippen molar-refractivity contribution in [2.75, 3.05) is 0 Å². The Labute approximate surface area is 83.8 Å². The molecule has 0 amide bonds. The molecule has 14 heavy (non-hydrogen) atoms. The first-order valence-corrected chi connectivity index (χ1v) is 4.53. The number of phenolic OH excluding ortho intramolecular Hbond substituents is 2. The number of aromatic hydroxyl groups is 2. The SMILES string of the molecule is C=C/C=C(\CC)c1ccc(O)cc1O. The maximum atomic E-state index is 9.58. The number of hydrogen-bond acceptors (Lipinski definition) is 2. The summed E-state index contributed by atoms with van der Waals surface area (Å²) in [6.07, 6.45) is 4.35. The van der Waals surface area contributed by atoms with Gasteiger partial charge in [0.05, 0.1) is 0 Å². The zero-order chi connectivity index (χ0) is 10.6. The number of allylic oxidation sites excluding steroid dienone is 3. The summed E-state index contributed by atoms with van der Waals surface area (Å²) in [7, 11) is 0. The molecule has 2 heteroatoms. The molecule has 0 aliphatic heterocycles. The van der Waals surface area contributed by atoms with Gasteiger partial charge in [-0.3, -0.25) is 0 Å². The van der Waals surface area contributed by atoms with Gasteiger partial charge in [-0.05, 0) is 24.1 Å². The molecule has 74 valence electrons. The van der Waals surface area contributed by atoms with Crippen LogP contribution < -0.4 is 0 Å². The van der Waals surface area contributed by atoms with E-state index in [1.54, 1.807) is 18.2 Å². The van der Waals surface area contributed by atoms with Gasteiger partial charge in [0, 0.05) is 11.6 Å². The van der Waals surface area contributed by atoms with Gasteiger partial charge in [0.15, 0.2) is 0 Å². The van der Waals surface area contributed by atoms with Crippen LogP contribution in [-0.4, -0.2) is 10.2 Å². The fourth-order valence-electron chi connectivity index (χ4n) is 1.33. The molecule has 0 spiro atoms.